The molecular weight excluding hydrogens is 339 g/mol. The van der Waals surface area contributed by atoms with Crippen LogP contribution < -0.4 is 5.73 Å². The number of anilines is 1. The van der Waals surface area contributed by atoms with Gasteiger partial charge in [0, 0.05) is 29.8 Å². The third kappa shape index (κ3) is 3.20. The molecule has 1 atom stereocenters. The Balaban J connectivity index is 2.40. The van der Waals surface area contributed by atoms with Gasteiger partial charge in [0.25, 0.3) is 0 Å². The van der Waals surface area contributed by atoms with E-state index >= 15 is 0 Å². The molecule has 0 bridgehead atoms. The van der Waals surface area contributed by atoms with Gasteiger partial charge in [0.15, 0.2) is 0 Å². The average Bonchev–Trinajstić information content (AvgIpc) is 2.37. The summed E-state index contributed by atoms with van der Waals surface area (Å²) in [5, 5.41) is 0.451. The first-order valence-corrected chi connectivity index (χ1v) is 9.47. The molecule has 1 aromatic carbocycles. The zero-order valence-electron chi connectivity index (χ0n) is 11.0. The van der Waals surface area contributed by atoms with Crippen LogP contribution in [0, 0.1) is 0 Å². The molecule has 0 aromatic heterocycles. The van der Waals surface area contributed by atoms with Gasteiger partial charge in [-0.05, 0) is 18.6 Å². The van der Waals surface area contributed by atoms with Crippen molar-refractivity contribution in [3.05, 3.63) is 22.2 Å². The Bertz CT molecular complexity index is 584. The number of nitrogens with zero attached hydrogens (tertiary/aromatic N) is 1. The molecule has 2 N–H and O–H groups in total. The molecule has 1 aliphatic heterocycles. The normalized spacial score (nSPS) is 21.1. The molecule has 2 rings (SSSR count). The van der Waals surface area contributed by atoms with Gasteiger partial charge < -0.3 is 5.73 Å². The number of sulfonamides is 1. The Morgan fingerprint density at radius 1 is 1.40 bits per heavy atom. The Morgan fingerprint density at radius 3 is 2.55 bits per heavy atom. The van der Waals surface area contributed by atoms with Crippen molar-refractivity contribution in [2.75, 3.05) is 24.6 Å². The predicted octanol–water partition coefficient (Wildman–Crippen LogP) is 3.09. The lowest BCUT2D eigenvalue weighted by atomic mass is 10.3. The summed E-state index contributed by atoms with van der Waals surface area (Å²) in [4.78, 5) is -0.0446. The predicted molar refractivity (Wildman–Crippen MR) is 86.2 cm³/mol. The highest BCUT2D eigenvalue weighted by Crippen LogP contribution is 2.35. The van der Waals surface area contributed by atoms with Gasteiger partial charge in [0.1, 0.15) is 4.90 Å². The van der Waals surface area contributed by atoms with Crippen LogP contribution in [0.15, 0.2) is 17.0 Å². The van der Waals surface area contributed by atoms with E-state index in [1.165, 1.54) is 16.4 Å². The quantitative estimate of drug-likeness (QED) is 0.847. The van der Waals surface area contributed by atoms with Crippen LogP contribution in [0.2, 0.25) is 10.0 Å². The van der Waals surface area contributed by atoms with Crippen molar-refractivity contribution in [1.29, 1.82) is 0 Å². The van der Waals surface area contributed by atoms with Crippen molar-refractivity contribution in [2.45, 2.75) is 23.5 Å². The minimum absolute atomic E-state index is 0.0446. The number of halogens is 2. The first kappa shape index (κ1) is 16.2. The Hall–Kier alpha value is -0.140. The van der Waals surface area contributed by atoms with Gasteiger partial charge in [0.2, 0.25) is 10.0 Å². The van der Waals surface area contributed by atoms with Crippen molar-refractivity contribution in [1.82, 2.24) is 4.31 Å². The van der Waals surface area contributed by atoms with Crippen LogP contribution in [0.25, 0.3) is 0 Å². The lowest BCUT2D eigenvalue weighted by molar-refractivity contribution is 0.416. The molecule has 1 heterocycles. The summed E-state index contributed by atoms with van der Waals surface area (Å²) in [6.45, 7) is 3.01. The summed E-state index contributed by atoms with van der Waals surface area (Å²) < 4.78 is 26.9. The molecule has 1 aliphatic rings. The lowest BCUT2D eigenvalue weighted by Gasteiger charge is -2.31. The van der Waals surface area contributed by atoms with Gasteiger partial charge in [-0.1, -0.05) is 30.1 Å². The maximum atomic E-state index is 12.7. The number of nitrogens with two attached hydrogens (primary N) is 1. The van der Waals surface area contributed by atoms with Crippen LogP contribution in [-0.2, 0) is 10.0 Å². The van der Waals surface area contributed by atoms with E-state index in [4.69, 9.17) is 28.9 Å². The summed E-state index contributed by atoms with van der Waals surface area (Å²) in [6, 6.07) is 2.83. The molecule has 1 aromatic rings. The second-order valence-corrected chi connectivity index (χ2v) is 8.68. The molecule has 1 saturated heterocycles. The Morgan fingerprint density at radius 2 is 2.00 bits per heavy atom. The van der Waals surface area contributed by atoms with Crippen LogP contribution in [0.5, 0.6) is 0 Å². The summed E-state index contributed by atoms with van der Waals surface area (Å²) in [5.74, 6) is 0.780. The van der Waals surface area contributed by atoms with Gasteiger partial charge in [0.05, 0.1) is 10.0 Å². The van der Waals surface area contributed by atoms with E-state index in [9.17, 15) is 8.42 Å². The zero-order chi connectivity index (χ0) is 14.9. The van der Waals surface area contributed by atoms with E-state index in [0.29, 0.717) is 24.0 Å². The van der Waals surface area contributed by atoms with Gasteiger partial charge in [-0.3, -0.25) is 0 Å². The first-order chi connectivity index (χ1) is 9.36. The molecule has 0 radical (unpaired) electrons. The maximum Gasteiger partial charge on any atom is 0.246 e. The molecule has 0 saturated carbocycles. The third-order valence-electron chi connectivity index (χ3n) is 3.18. The smallest absolute Gasteiger partial charge is 0.246 e. The largest absolute Gasteiger partial charge is 0.399 e. The fourth-order valence-corrected chi connectivity index (χ4v) is 6.17. The highest BCUT2D eigenvalue weighted by atomic mass is 35.5. The average molecular weight is 355 g/mol. The summed E-state index contributed by atoms with van der Waals surface area (Å²) in [6.07, 6.45) is 0.930. The molecule has 1 unspecified atom stereocenters. The minimum atomic E-state index is -3.68. The highest BCUT2D eigenvalue weighted by molar-refractivity contribution is 8.00. The zero-order valence-corrected chi connectivity index (χ0v) is 14.1. The van der Waals surface area contributed by atoms with Crippen molar-refractivity contribution in [3.63, 3.8) is 0 Å². The van der Waals surface area contributed by atoms with Crippen LogP contribution in [0.1, 0.15) is 13.3 Å². The molecule has 4 nitrogen and oxygen atoms in total. The van der Waals surface area contributed by atoms with E-state index in [-0.39, 0.29) is 14.9 Å². The van der Waals surface area contributed by atoms with Crippen molar-refractivity contribution < 1.29 is 8.42 Å². The van der Waals surface area contributed by atoms with Crippen molar-refractivity contribution in [3.8, 4) is 0 Å². The van der Waals surface area contributed by atoms with E-state index < -0.39 is 10.0 Å². The third-order valence-corrected chi connectivity index (χ3v) is 7.33. The molecule has 0 aliphatic carbocycles. The van der Waals surface area contributed by atoms with E-state index in [2.05, 4.69) is 6.92 Å². The van der Waals surface area contributed by atoms with Gasteiger partial charge in [-0.15, -0.1) is 0 Å². The van der Waals surface area contributed by atoms with Gasteiger partial charge in [-0.25, -0.2) is 8.42 Å². The van der Waals surface area contributed by atoms with Crippen LogP contribution in [-0.4, -0.2) is 36.8 Å². The number of hydrogen-bond acceptors (Lipinski definition) is 4. The van der Waals surface area contributed by atoms with Gasteiger partial charge >= 0.3 is 0 Å². The monoisotopic (exact) mass is 354 g/mol. The minimum Gasteiger partial charge on any atom is -0.399 e. The molecule has 112 valence electrons. The Kier molecular flexibility index (Phi) is 5.13. The number of thioether (sulfide) groups is 1. The summed E-state index contributed by atoms with van der Waals surface area (Å²) in [7, 11) is -3.68. The molecule has 20 heavy (non-hydrogen) atoms. The standard InChI is InChI=1S/C12H16Cl2N2O2S2/c1-2-9-7-16(3-4-19-9)20(17,18)12-10(13)5-8(15)6-11(12)14/h5-6,9H,2-4,7,15H2,1H3. The molecular formula is C12H16Cl2N2O2S2. The first-order valence-electron chi connectivity index (χ1n) is 6.22. The van der Waals surface area contributed by atoms with E-state index in [1.54, 1.807) is 11.8 Å². The van der Waals surface area contributed by atoms with E-state index in [1.807, 2.05) is 0 Å². The number of rotatable bonds is 3. The second kappa shape index (κ2) is 6.32. The maximum absolute atomic E-state index is 12.7. The number of benzene rings is 1. The van der Waals surface area contributed by atoms with Crippen molar-refractivity contribution >= 4 is 50.7 Å². The van der Waals surface area contributed by atoms with Crippen LogP contribution >= 0.6 is 35.0 Å². The summed E-state index contributed by atoms with van der Waals surface area (Å²) >= 11 is 13.9. The molecule has 1 fully saturated rings. The molecule has 0 amide bonds. The van der Waals surface area contributed by atoms with Crippen LogP contribution in [0.4, 0.5) is 5.69 Å². The molecule has 0 spiro atoms. The number of nitrogen functional groups attached to an aromatic ring is 1. The fraction of sp³-hybridized carbons (Fsp3) is 0.500. The van der Waals surface area contributed by atoms with Crippen LogP contribution in [0.3, 0.4) is 0 Å². The molecule has 8 heteroatoms. The Labute approximate surface area is 133 Å². The number of hydrogen-bond donors (Lipinski definition) is 1. The SMILES string of the molecule is CCC1CN(S(=O)(=O)c2c(Cl)cc(N)cc2Cl)CCS1. The second-order valence-electron chi connectivity index (χ2n) is 4.58. The lowest BCUT2D eigenvalue weighted by Crippen LogP contribution is -2.41. The van der Waals surface area contributed by atoms with Crippen molar-refractivity contribution in [2.24, 2.45) is 0 Å². The van der Waals surface area contributed by atoms with Gasteiger partial charge in [-0.2, -0.15) is 16.1 Å². The fourth-order valence-electron chi connectivity index (χ4n) is 2.11. The van der Waals surface area contributed by atoms with E-state index in [0.717, 1.165) is 12.2 Å². The topological polar surface area (TPSA) is 63.4 Å². The summed E-state index contributed by atoms with van der Waals surface area (Å²) in [5.41, 5.74) is 5.96. The highest BCUT2D eigenvalue weighted by Gasteiger charge is 2.33.